The van der Waals surface area contributed by atoms with Crippen molar-refractivity contribution in [3.63, 3.8) is 0 Å². The second-order valence-electron chi connectivity index (χ2n) is 3.16. The van der Waals surface area contributed by atoms with Gasteiger partial charge in [-0.05, 0) is 31.2 Å². The highest BCUT2D eigenvalue weighted by Gasteiger charge is 2.12. The van der Waals surface area contributed by atoms with E-state index in [1.807, 2.05) is 0 Å². The predicted octanol–water partition coefficient (Wildman–Crippen LogP) is 1.76. The van der Waals surface area contributed by atoms with Crippen molar-refractivity contribution in [2.24, 2.45) is 5.73 Å². The lowest BCUT2D eigenvalue weighted by Crippen LogP contribution is -2.06. The predicted molar refractivity (Wildman–Crippen MR) is 55.6 cm³/mol. The highest BCUT2D eigenvalue weighted by Crippen LogP contribution is 2.21. The molecule has 1 rings (SSSR count). The fourth-order valence-electron chi connectivity index (χ4n) is 1.30. The Bertz CT molecular complexity index is 352. The fraction of sp³-hybridized carbons (Fsp3) is 0.364. The molecule has 0 aliphatic heterocycles. The van der Waals surface area contributed by atoms with E-state index in [0.29, 0.717) is 25.1 Å². The zero-order valence-corrected chi connectivity index (χ0v) is 8.63. The number of ether oxygens (including phenoxy) is 1. The Morgan fingerprint density at radius 3 is 2.87 bits per heavy atom. The highest BCUT2D eigenvalue weighted by atomic mass is 19.1. The second kappa shape index (κ2) is 5.46. The topological polar surface area (TPSA) is 52.3 Å². The molecule has 0 heterocycles. The summed E-state index contributed by atoms with van der Waals surface area (Å²) in [7, 11) is 1.45. The highest BCUT2D eigenvalue weighted by molar-refractivity contribution is 5.98. The molecular weight excluding hydrogens is 197 g/mol. The van der Waals surface area contributed by atoms with Crippen molar-refractivity contribution < 1.29 is 13.9 Å². The van der Waals surface area contributed by atoms with Gasteiger partial charge in [-0.2, -0.15) is 0 Å². The number of Topliss-reactive ketones (excluding diaryl/α,β-unsaturated/α-hetero) is 1. The number of carbonyl (C=O) groups is 1. The molecule has 0 spiro atoms. The van der Waals surface area contributed by atoms with Crippen molar-refractivity contribution in [3.05, 3.63) is 29.6 Å². The third-order valence-corrected chi connectivity index (χ3v) is 2.07. The van der Waals surface area contributed by atoms with Gasteiger partial charge in [0.15, 0.2) is 5.78 Å². The zero-order valence-electron chi connectivity index (χ0n) is 8.63. The van der Waals surface area contributed by atoms with Gasteiger partial charge < -0.3 is 10.5 Å². The van der Waals surface area contributed by atoms with Crippen LogP contribution < -0.4 is 10.5 Å². The minimum atomic E-state index is -0.438. The van der Waals surface area contributed by atoms with Crippen LogP contribution in [0.2, 0.25) is 0 Å². The van der Waals surface area contributed by atoms with E-state index < -0.39 is 5.82 Å². The lowest BCUT2D eigenvalue weighted by molar-refractivity contribution is 0.0977. The number of nitrogens with two attached hydrogens (primary N) is 1. The third kappa shape index (κ3) is 3.02. The number of hydrogen-bond donors (Lipinski definition) is 1. The molecule has 0 aliphatic carbocycles. The largest absolute Gasteiger partial charge is 0.496 e. The van der Waals surface area contributed by atoms with Crippen LogP contribution in [0.3, 0.4) is 0 Å². The van der Waals surface area contributed by atoms with Crippen LogP contribution in [0.15, 0.2) is 18.2 Å². The Balaban J connectivity index is 2.90. The van der Waals surface area contributed by atoms with Gasteiger partial charge in [0.1, 0.15) is 11.6 Å². The van der Waals surface area contributed by atoms with E-state index in [-0.39, 0.29) is 11.3 Å². The van der Waals surface area contributed by atoms with Crippen molar-refractivity contribution in [3.8, 4) is 5.75 Å². The number of hydrogen-bond acceptors (Lipinski definition) is 3. The first-order chi connectivity index (χ1) is 7.19. The van der Waals surface area contributed by atoms with Gasteiger partial charge in [0.2, 0.25) is 0 Å². The molecule has 0 fully saturated rings. The molecule has 0 saturated heterocycles. The number of ketones is 1. The monoisotopic (exact) mass is 211 g/mol. The van der Waals surface area contributed by atoms with Crippen molar-refractivity contribution in [1.29, 1.82) is 0 Å². The smallest absolute Gasteiger partial charge is 0.166 e. The number of methoxy groups -OCH3 is 1. The molecule has 0 bridgehead atoms. The van der Waals surface area contributed by atoms with E-state index in [2.05, 4.69) is 0 Å². The van der Waals surface area contributed by atoms with E-state index in [1.165, 1.54) is 25.3 Å². The minimum absolute atomic E-state index is 0.142. The summed E-state index contributed by atoms with van der Waals surface area (Å²) in [5, 5.41) is 0. The van der Waals surface area contributed by atoms with E-state index in [9.17, 15) is 9.18 Å². The van der Waals surface area contributed by atoms with Crippen LogP contribution in [0, 0.1) is 5.82 Å². The van der Waals surface area contributed by atoms with Crippen LogP contribution >= 0.6 is 0 Å². The first-order valence-electron chi connectivity index (χ1n) is 4.76. The molecule has 0 atom stereocenters. The Kier molecular flexibility index (Phi) is 4.24. The Hall–Kier alpha value is -1.42. The fourth-order valence-corrected chi connectivity index (χ4v) is 1.30. The Morgan fingerprint density at radius 2 is 2.27 bits per heavy atom. The second-order valence-corrected chi connectivity index (χ2v) is 3.16. The van der Waals surface area contributed by atoms with Gasteiger partial charge in [0.25, 0.3) is 0 Å². The lowest BCUT2D eigenvalue weighted by atomic mass is 10.1. The van der Waals surface area contributed by atoms with E-state index in [0.717, 1.165) is 0 Å². The van der Waals surface area contributed by atoms with Gasteiger partial charge in [-0.25, -0.2) is 4.39 Å². The quantitative estimate of drug-likeness (QED) is 0.755. The molecule has 15 heavy (non-hydrogen) atoms. The standard InChI is InChI=1S/C11H14FNO2/c1-15-11-5-4-8(12)7-9(11)10(14)3-2-6-13/h4-5,7H,2-3,6,13H2,1H3. The van der Waals surface area contributed by atoms with Crippen LogP contribution in [0.1, 0.15) is 23.2 Å². The Morgan fingerprint density at radius 1 is 1.53 bits per heavy atom. The number of benzene rings is 1. The van der Waals surface area contributed by atoms with Crippen LogP contribution in [0.25, 0.3) is 0 Å². The number of carbonyl (C=O) groups excluding carboxylic acids is 1. The molecule has 2 N–H and O–H groups in total. The van der Waals surface area contributed by atoms with Crippen molar-refractivity contribution >= 4 is 5.78 Å². The third-order valence-electron chi connectivity index (χ3n) is 2.07. The summed E-state index contributed by atoms with van der Waals surface area (Å²) in [6.45, 7) is 0.448. The van der Waals surface area contributed by atoms with Crippen LogP contribution in [0.4, 0.5) is 4.39 Å². The molecule has 1 aromatic carbocycles. The summed E-state index contributed by atoms with van der Waals surface area (Å²) in [6, 6.07) is 3.90. The molecule has 82 valence electrons. The summed E-state index contributed by atoms with van der Waals surface area (Å²) in [6.07, 6.45) is 0.912. The molecule has 0 radical (unpaired) electrons. The normalized spacial score (nSPS) is 10.1. The minimum Gasteiger partial charge on any atom is -0.496 e. The first kappa shape index (κ1) is 11.7. The summed E-state index contributed by atoms with van der Waals surface area (Å²) in [5.41, 5.74) is 5.58. The van der Waals surface area contributed by atoms with Gasteiger partial charge in [0.05, 0.1) is 12.7 Å². The lowest BCUT2D eigenvalue weighted by Gasteiger charge is -2.06. The molecular formula is C11H14FNO2. The van der Waals surface area contributed by atoms with E-state index in [4.69, 9.17) is 10.5 Å². The molecule has 0 saturated carbocycles. The summed E-state index contributed by atoms with van der Waals surface area (Å²) in [4.78, 5) is 11.6. The average molecular weight is 211 g/mol. The summed E-state index contributed by atoms with van der Waals surface area (Å²) < 4.78 is 17.9. The van der Waals surface area contributed by atoms with Crippen molar-refractivity contribution in [1.82, 2.24) is 0 Å². The number of rotatable bonds is 5. The molecule has 3 nitrogen and oxygen atoms in total. The maximum absolute atomic E-state index is 12.9. The zero-order chi connectivity index (χ0) is 11.3. The van der Waals surface area contributed by atoms with E-state index in [1.54, 1.807) is 0 Å². The van der Waals surface area contributed by atoms with Crippen molar-refractivity contribution in [2.45, 2.75) is 12.8 Å². The maximum atomic E-state index is 12.9. The van der Waals surface area contributed by atoms with Gasteiger partial charge in [-0.3, -0.25) is 4.79 Å². The number of halogens is 1. The summed E-state index contributed by atoms with van der Waals surface area (Å²) >= 11 is 0. The molecule has 0 unspecified atom stereocenters. The molecule has 4 heteroatoms. The SMILES string of the molecule is COc1ccc(F)cc1C(=O)CCCN. The molecule has 0 aromatic heterocycles. The Labute approximate surface area is 88.0 Å². The molecule has 0 amide bonds. The van der Waals surface area contributed by atoms with Gasteiger partial charge in [-0.1, -0.05) is 0 Å². The van der Waals surface area contributed by atoms with Gasteiger partial charge >= 0.3 is 0 Å². The molecule has 0 aliphatic rings. The van der Waals surface area contributed by atoms with Crippen LogP contribution in [-0.4, -0.2) is 19.4 Å². The first-order valence-corrected chi connectivity index (χ1v) is 4.76. The van der Waals surface area contributed by atoms with Crippen LogP contribution in [0.5, 0.6) is 5.75 Å². The van der Waals surface area contributed by atoms with Gasteiger partial charge in [-0.15, -0.1) is 0 Å². The summed E-state index contributed by atoms with van der Waals surface area (Å²) in [5.74, 6) is -0.179. The average Bonchev–Trinajstić information content (AvgIpc) is 2.25. The maximum Gasteiger partial charge on any atom is 0.166 e. The van der Waals surface area contributed by atoms with Crippen molar-refractivity contribution in [2.75, 3.05) is 13.7 Å². The van der Waals surface area contributed by atoms with Crippen LogP contribution in [-0.2, 0) is 0 Å². The van der Waals surface area contributed by atoms with Gasteiger partial charge in [0, 0.05) is 6.42 Å². The van der Waals surface area contributed by atoms with E-state index >= 15 is 0 Å². The molecule has 1 aromatic rings.